The Morgan fingerprint density at radius 2 is 2.03 bits per heavy atom. The van der Waals surface area contributed by atoms with Gasteiger partial charge >= 0.3 is 0 Å². The molecule has 0 unspecified atom stereocenters. The number of aromatic nitrogens is 2. The minimum atomic E-state index is 0.0822. The summed E-state index contributed by atoms with van der Waals surface area (Å²) in [7, 11) is 3.99. The molecule has 1 aliphatic rings. The van der Waals surface area contributed by atoms with Gasteiger partial charge in [-0.3, -0.25) is 14.4 Å². The van der Waals surface area contributed by atoms with Gasteiger partial charge in [0.05, 0.1) is 12.3 Å². The number of ether oxygens (including phenoxy) is 1. The van der Waals surface area contributed by atoms with Crippen LogP contribution < -0.4 is 4.74 Å². The van der Waals surface area contributed by atoms with E-state index in [0.29, 0.717) is 12.3 Å². The molecule has 33 heavy (non-hydrogen) atoms. The summed E-state index contributed by atoms with van der Waals surface area (Å²) in [5.41, 5.74) is 2.82. The number of nitrogens with zero attached hydrogens (tertiary/aromatic N) is 4. The Kier molecular flexibility index (Phi) is 7.83. The van der Waals surface area contributed by atoms with E-state index in [4.69, 9.17) is 4.74 Å². The van der Waals surface area contributed by atoms with Gasteiger partial charge in [0.15, 0.2) is 0 Å². The minimum Gasteiger partial charge on any atom is -0.494 e. The second kappa shape index (κ2) is 11.0. The first-order valence-corrected chi connectivity index (χ1v) is 12.6. The summed E-state index contributed by atoms with van der Waals surface area (Å²) in [5.74, 6) is 0.967. The summed E-state index contributed by atoms with van der Waals surface area (Å²) in [6, 6.07) is 14.8. The average Bonchev–Trinajstić information content (AvgIpc) is 3.43. The van der Waals surface area contributed by atoms with Crippen molar-refractivity contribution in [3.8, 4) is 5.75 Å². The van der Waals surface area contributed by atoms with Crippen LogP contribution in [0.15, 0.2) is 47.8 Å². The molecule has 3 heterocycles. The van der Waals surface area contributed by atoms with Gasteiger partial charge in [-0.25, -0.2) is 0 Å². The van der Waals surface area contributed by atoms with Crippen LogP contribution in [0.25, 0.3) is 0 Å². The average molecular weight is 467 g/mol. The topological polar surface area (TPSA) is 50.6 Å². The lowest BCUT2D eigenvalue weighted by molar-refractivity contribution is 0.0569. The molecule has 176 valence electrons. The number of hydrogen-bond acceptors (Lipinski definition) is 5. The summed E-state index contributed by atoms with van der Waals surface area (Å²) >= 11 is 1.80. The number of benzene rings is 1. The molecule has 1 fully saturated rings. The Morgan fingerprint density at radius 1 is 1.21 bits per heavy atom. The lowest BCUT2D eigenvalue weighted by Crippen LogP contribution is -2.45. The van der Waals surface area contributed by atoms with Crippen molar-refractivity contribution in [3.63, 3.8) is 0 Å². The summed E-state index contributed by atoms with van der Waals surface area (Å²) < 4.78 is 7.74. The first-order chi connectivity index (χ1) is 16.0. The number of thiophene rings is 1. The highest BCUT2D eigenvalue weighted by Gasteiger charge is 2.29. The number of carbonyl (C=O) groups excluding carboxylic acids is 1. The third-order valence-electron chi connectivity index (χ3n) is 6.21. The van der Waals surface area contributed by atoms with Gasteiger partial charge in [-0.2, -0.15) is 5.10 Å². The molecule has 0 bridgehead atoms. The number of carbonyl (C=O) groups is 1. The fourth-order valence-electron chi connectivity index (χ4n) is 4.57. The van der Waals surface area contributed by atoms with Crippen LogP contribution in [-0.4, -0.2) is 51.7 Å². The van der Waals surface area contributed by atoms with Crippen molar-refractivity contribution in [2.24, 2.45) is 7.05 Å². The van der Waals surface area contributed by atoms with Crippen LogP contribution in [0, 0.1) is 6.92 Å². The Labute approximate surface area is 200 Å². The van der Waals surface area contributed by atoms with Crippen molar-refractivity contribution in [2.45, 2.75) is 51.7 Å². The zero-order chi connectivity index (χ0) is 23.2. The number of hydrogen-bond donors (Lipinski definition) is 0. The Hall–Kier alpha value is -2.64. The van der Waals surface area contributed by atoms with Crippen LogP contribution >= 0.6 is 11.3 Å². The minimum absolute atomic E-state index is 0.0822. The molecule has 3 aromatic rings. The largest absolute Gasteiger partial charge is 0.494 e. The molecule has 1 aromatic carbocycles. The maximum absolute atomic E-state index is 13.1. The number of rotatable bonds is 9. The normalized spacial score (nSPS) is 16.4. The molecule has 1 aliphatic heterocycles. The van der Waals surface area contributed by atoms with Gasteiger partial charge in [0.25, 0.3) is 5.91 Å². The number of amides is 1. The molecule has 2 aromatic heterocycles. The van der Waals surface area contributed by atoms with Crippen molar-refractivity contribution in [1.29, 1.82) is 0 Å². The zero-order valence-corrected chi connectivity index (χ0v) is 20.7. The third kappa shape index (κ3) is 6.24. The maximum atomic E-state index is 13.1. The number of piperidine rings is 1. The van der Waals surface area contributed by atoms with E-state index in [0.717, 1.165) is 56.8 Å². The standard InChI is InChI=1S/C26H34N4O2S/c1-20-17-25(29(3)27-20)26(31)30-14-5-4-7-22(30)13-15-32-23-11-9-21(10-12-23)18-28(2)19-24-8-6-16-33-24/h6,8-12,16-17,22H,4-5,7,13-15,18-19H2,1-3H3/t22-/m1/s1. The predicted octanol–water partition coefficient (Wildman–Crippen LogP) is 4.89. The highest BCUT2D eigenvalue weighted by atomic mass is 32.1. The molecular weight excluding hydrogens is 432 g/mol. The van der Waals surface area contributed by atoms with Gasteiger partial charge in [0.2, 0.25) is 0 Å². The summed E-state index contributed by atoms with van der Waals surface area (Å²) in [5, 5.41) is 6.46. The van der Waals surface area contributed by atoms with Gasteiger partial charge in [0.1, 0.15) is 11.4 Å². The van der Waals surface area contributed by atoms with E-state index in [-0.39, 0.29) is 11.9 Å². The zero-order valence-electron chi connectivity index (χ0n) is 19.9. The highest BCUT2D eigenvalue weighted by molar-refractivity contribution is 7.09. The van der Waals surface area contributed by atoms with Gasteiger partial charge in [-0.15, -0.1) is 11.3 Å². The monoisotopic (exact) mass is 466 g/mol. The van der Waals surface area contributed by atoms with Gasteiger partial charge in [0, 0.05) is 44.0 Å². The molecule has 1 atom stereocenters. The van der Waals surface area contributed by atoms with Gasteiger partial charge in [-0.05, 0) is 68.4 Å². The second-order valence-corrected chi connectivity index (χ2v) is 10.0. The fourth-order valence-corrected chi connectivity index (χ4v) is 5.35. The smallest absolute Gasteiger partial charge is 0.272 e. The molecule has 4 rings (SSSR count). The van der Waals surface area contributed by atoms with Crippen LogP contribution in [-0.2, 0) is 20.1 Å². The predicted molar refractivity (Wildman–Crippen MR) is 133 cm³/mol. The van der Waals surface area contributed by atoms with Crippen LogP contribution in [0.1, 0.15) is 52.3 Å². The van der Waals surface area contributed by atoms with Crippen molar-refractivity contribution >= 4 is 17.2 Å². The lowest BCUT2D eigenvalue weighted by atomic mass is 9.99. The molecule has 7 heteroatoms. The molecule has 0 N–H and O–H groups in total. The number of likely N-dealkylation sites (tertiary alicyclic amines) is 1. The quantitative estimate of drug-likeness (QED) is 0.451. The molecule has 6 nitrogen and oxygen atoms in total. The van der Waals surface area contributed by atoms with Crippen LogP contribution in [0.3, 0.4) is 0 Å². The molecule has 0 saturated carbocycles. The summed E-state index contributed by atoms with van der Waals surface area (Å²) in [6.45, 7) is 5.21. The van der Waals surface area contributed by atoms with E-state index in [1.807, 2.05) is 24.9 Å². The molecule has 0 aliphatic carbocycles. The van der Waals surface area contributed by atoms with E-state index < -0.39 is 0 Å². The Balaban J connectivity index is 1.27. The maximum Gasteiger partial charge on any atom is 0.272 e. The van der Waals surface area contributed by atoms with E-state index >= 15 is 0 Å². The van der Waals surface area contributed by atoms with Crippen LogP contribution in [0.4, 0.5) is 0 Å². The first-order valence-electron chi connectivity index (χ1n) is 11.7. The summed E-state index contributed by atoms with van der Waals surface area (Å²) in [6.07, 6.45) is 4.09. The third-order valence-corrected chi connectivity index (χ3v) is 7.07. The van der Waals surface area contributed by atoms with Gasteiger partial charge < -0.3 is 9.64 Å². The molecule has 1 saturated heterocycles. The van der Waals surface area contributed by atoms with E-state index in [1.165, 1.54) is 10.4 Å². The van der Waals surface area contributed by atoms with E-state index in [1.54, 1.807) is 16.0 Å². The molecular formula is C26H34N4O2S. The van der Waals surface area contributed by atoms with Crippen molar-refractivity contribution in [3.05, 3.63) is 69.7 Å². The number of aryl methyl sites for hydroxylation is 2. The Bertz CT molecular complexity index is 1030. The summed E-state index contributed by atoms with van der Waals surface area (Å²) in [4.78, 5) is 18.8. The van der Waals surface area contributed by atoms with Crippen molar-refractivity contribution in [1.82, 2.24) is 19.6 Å². The van der Waals surface area contributed by atoms with Crippen LogP contribution in [0.5, 0.6) is 5.75 Å². The lowest BCUT2D eigenvalue weighted by Gasteiger charge is -2.35. The molecule has 0 radical (unpaired) electrons. The second-order valence-electron chi connectivity index (χ2n) is 8.98. The molecule has 0 spiro atoms. The van der Waals surface area contributed by atoms with Crippen molar-refractivity contribution < 1.29 is 9.53 Å². The van der Waals surface area contributed by atoms with Crippen LogP contribution in [0.2, 0.25) is 0 Å². The van der Waals surface area contributed by atoms with Crippen molar-refractivity contribution in [2.75, 3.05) is 20.2 Å². The highest BCUT2D eigenvalue weighted by Crippen LogP contribution is 2.23. The van der Waals surface area contributed by atoms with E-state index in [2.05, 4.69) is 58.8 Å². The first kappa shape index (κ1) is 23.5. The molecule has 1 amide bonds. The fraction of sp³-hybridized carbons (Fsp3) is 0.462. The van der Waals surface area contributed by atoms with E-state index in [9.17, 15) is 4.79 Å². The SMILES string of the molecule is Cc1cc(C(=O)N2CCCC[C@@H]2CCOc2ccc(CN(C)Cc3cccs3)cc2)n(C)n1. The Morgan fingerprint density at radius 3 is 2.73 bits per heavy atom. The van der Waals surface area contributed by atoms with Gasteiger partial charge in [-0.1, -0.05) is 18.2 Å².